The fourth-order valence-electron chi connectivity index (χ4n) is 3.47. The fourth-order valence-corrected chi connectivity index (χ4v) is 3.47. The van der Waals surface area contributed by atoms with Gasteiger partial charge >= 0.3 is 5.63 Å². The highest BCUT2D eigenvalue weighted by molar-refractivity contribution is 5.81. The van der Waals surface area contributed by atoms with Gasteiger partial charge in [-0.3, -0.25) is 9.80 Å². The lowest BCUT2D eigenvalue weighted by atomic mass is 10.0. The number of hydrogen-bond donors (Lipinski definition) is 0. The molecule has 1 aromatic carbocycles. The molecule has 2 heterocycles. The molecule has 5 nitrogen and oxygen atoms in total. The second kappa shape index (κ2) is 8.80. The molecule has 0 atom stereocenters. The SMILES string of the molecule is CCCOCCN1CCN(Cc2cc(=O)oc3cc(C)c(C)cc23)CC1. The van der Waals surface area contributed by atoms with Crippen LogP contribution in [0, 0.1) is 13.8 Å². The molecule has 0 N–H and O–H groups in total. The molecule has 142 valence electrons. The lowest BCUT2D eigenvalue weighted by molar-refractivity contribution is 0.0739. The van der Waals surface area contributed by atoms with E-state index < -0.39 is 0 Å². The van der Waals surface area contributed by atoms with Crippen LogP contribution in [0.2, 0.25) is 0 Å². The first-order valence-corrected chi connectivity index (χ1v) is 9.63. The van der Waals surface area contributed by atoms with E-state index in [1.165, 1.54) is 5.56 Å². The molecule has 0 radical (unpaired) electrons. The van der Waals surface area contributed by atoms with Gasteiger partial charge in [0.2, 0.25) is 0 Å². The Hall–Kier alpha value is -1.69. The highest BCUT2D eigenvalue weighted by Gasteiger charge is 2.18. The molecule has 0 aliphatic carbocycles. The molecule has 1 aliphatic heterocycles. The number of piperazine rings is 1. The van der Waals surface area contributed by atoms with Crippen LogP contribution in [-0.2, 0) is 11.3 Å². The number of nitrogens with zero attached hydrogens (tertiary/aromatic N) is 2. The molecule has 0 saturated carbocycles. The molecule has 0 unspecified atom stereocenters. The van der Waals surface area contributed by atoms with E-state index in [0.29, 0.717) is 5.58 Å². The molecule has 2 aromatic rings. The molecule has 5 heteroatoms. The molecule has 26 heavy (non-hydrogen) atoms. The molecule has 0 bridgehead atoms. The van der Waals surface area contributed by atoms with E-state index in [9.17, 15) is 4.79 Å². The Balaban J connectivity index is 1.63. The monoisotopic (exact) mass is 358 g/mol. The molecule has 0 spiro atoms. The van der Waals surface area contributed by atoms with Crippen molar-refractivity contribution in [3.8, 4) is 0 Å². The van der Waals surface area contributed by atoms with Crippen molar-refractivity contribution < 1.29 is 9.15 Å². The van der Waals surface area contributed by atoms with Crippen molar-refractivity contribution in [2.24, 2.45) is 0 Å². The molecule has 3 rings (SSSR count). The van der Waals surface area contributed by atoms with Crippen LogP contribution < -0.4 is 5.63 Å². The van der Waals surface area contributed by atoms with Crippen LogP contribution in [0.5, 0.6) is 0 Å². The third-order valence-electron chi connectivity index (χ3n) is 5.20. The zero-order valence-electron chi connectivity index (χ0n) is 16.2. The highest BCUT2D eigenvalue weighted by atomic mass is 16.5. The minimum atomic E-state index is -0.262. The largest absolute Gasteiger partial charge is 0.423 e. The maximum absolute atomic E-state index is 12.0. The van der Waals surface area contributed by atoms with E-state index in [2.05, 4.69) is 29.7 Å². The molecule has 1 aliphatic rings. The molecular weight excluding hydrogens is 328 g/mol. The van der Waals surface area contributed by atoms with E-state index in [1.807, 2.05) is 13.0 Å². The van der Waals surface area contributed by atoms with Crippen LogP contribution in [-0.4, -0.2) is 55.7 Å². The Labute approximate surface area is 155 Å². The van der Waals surface area contributed by atoms with Gasteiger partial charge in [0, 0.05) is 57.3 Å². The summed E-state index contributed by atoms with van der Waals surface area (Å²) in [7, 11) is 0. The van der Waals surface area contributed by atoms with Crippen molar-refractivity contribution in [3.63, 3.8) is 0 Å². The predicted octanol–water partition coefficient (Wildman–Crippen LogP) is 2.95. The highest BCUT2D eigenvalue weighted by Crippen LogP contribution is 2.23. The summed E-state index contributed by atoms with van der Waals surface area (Å²) in [5, 5.41) is 1.06. The van der Waals surface area contributed by atoms with E-state index in [-0.39, 0.29) is 5.63 Å². The number of aryl methyl sites for hydroxylation is 2. The standard InChI is InChI=1S/C21H30N2O3/c1-4-10-25-11-9-22-5-7-23(8-6-22)15-18-14-21(24)26-20-13-17(3)16(2)12-19(18)20/h12-14H,4-11,15H2,1-3H3. The smallest absolute Gasteiger partial charge is 0.336 e. The summed E-state index contributed by atoms with van der Waals surface area (Å²) in [5.74, 6) is 0. The zero-order valence-corrected chi connectivity index (χ0v) is 16.2. The van der Waals surface area contributed by atoms with Gasteiger partial charge in [-0.05, 0) is 49.1 Å². The summed E-state index contributed by atoms with van der Waals surface area (Å²) in [6, 6.07) is 5.77. The molecule has 0 amide bonds. The summed E-state index contributed by atoms with van der Waals surface area (Å²) in [5.41, 5.74) is 3.88. The molecule has 1 fully saturated rings. The van der Waals surface area contributed by atoms with Crippen LogP contribution in [0.15, 0.2) is 27.4 Å². The lowest BCUT2D eigenvalue weighted by Gasteiger charge is -2.34. The predicted molar refractivity (Wildman–Crippen MR) is 105 cm³/mol. The van der Waals surface area contributed by atoms with E-state index in [4.69, 9.17) is 9.15 Å². The maximum atomic E-state index is 12.0. The molecule has 1 saturated heterocycles. The van der Waals surface area contributed by atoms with Gasteiger partial charge in [-0.1, -0.05) is 6.92 Å². The van der Waals surface area contributed by atoms with Crippen molar-refractivity contribution in [1.29, 1.82) is 0 Å². The van der Waals surface area contributed by atoms with Crippen LogP contribution in [0.3, 0.4) is 0 Å². The first-order chi connectivity index (χ1) is 12.6. The number of ether oxygens (including phenoxy) is 1. The second-order valence-corrected chi connectivity index (χ2v) is 7.25. The number of rotatable bonds is 7. The van der Waals surface area contributed by atoms with Gasteiger partial charge < -0.3 is 9.15 Å². The van der Waals surface area contributed by atoms with Gasteiger partial charge in [0.25, 0.3) is 0 Å². The van der Waals surface area contributed by atoms with E-state index in [0.717, 1.165) is 75.4 Å². The maximum Gasteiger partial charge on any atom is 0.336 e. The van der Waals surface area contributed by atoms with Gasteiger partial charge in [-0.15, -0.1) is 0 Å². The summed E-state index contributed by atoms with van der Waals surface area (Å²) in [4.78, 5) is 16.8. The van der Waals surface area contributed by atoms with Gasteiger partial charge in [-0.25, -0.2) is 4.79 Å². The van der Waals surface area contributed by atoms with Crippen LogP contribution in [0.1, 0.15) is 30.0 Å². The summed E-state index contributed by atoms with van der Waals surface area (Å²) < 4.78 is 11.0. The van der Waals surface area contributed by atoms with Crippen molar-refractivity contribution in [2.75, 3.05) is 45.9 Å². The van der Waals surface area contributed by atoms with Crippen molar-refractivity contribution in [1.82, 2.24) is 9.80 Å². The lowest BCUT2D eigenvalue weighted by Crippen LogP contribution is -2.46. The average molecular weight is 358 g/mol. The Morgan fingerprint density at radius 1 is 1.00 bits per heavy atom. The van der Waals surface area contributed by atoms with Crippen molar-refractivity contribution in [3.05, 3.63) is 45.3 Å². The summed E-state index contributed by atoms with van der Waals surface area (Å²) >= 11 is 0. The number of fused-ring (bicyclic) bond motifs is 1. The van der Waals surface area contributed by atoms with Crippen LogP contribution in [0.25, 0.3) is 11.0 Å². The fraction of sp³-hybridized carbons (Fsp3) is 0.571. The topological polar surface area (TPSA) is 45.9 Å². The van der Waals surface area contributed by atoms with Crippen molar-refractivity contribution in [2.45, 2.75) is 33.7 Å². The van der Waals surface area contributed by atoms with Crippen molar-refractivity contribution >= 4 is 11.0 Å². The second-order valence-electron chi connectivity index (χ2n) is 7.25. The quantitative estimate of drug-likeness (QED) is 0.562. The van der Waals surface area contributed by atoms with Crippen LogP contribution in [0.4, 0.5) is 0 Å². The first kappa shape index (κ1) is 19.1. The van der Waals surface area contributed by atoms with Gasteiger partial charge in [-0.2, -0.15) is 0 Å². The molecule has 1 aromatic heterocycles. The zero-order chi connectivity index (χ0) is 18.5. The Morgan fingerprint density at radius 3 is 2.42 bits per heavy atom. The summed E-state index contributed by atoms with van der Waals surface area (Å²) in [6.07, 6.45) is 1.08. The molecular formula is C21H30N2O3. The van der Waals surface area contributed by atoms with E-state index >= 15 is 0 Å². The summed E-state index contributed by atoms with van der Waals surface area (Å²) in [6.45, 7) is 13.9. The van der Waals surface area contributed by atoms with Gasteiger partial charge in [0.1, 0.15) is 5.58 Å². The Morgan fingerprint density at radius 2 is 1.69 bits per heavy atom. The normalized spacial score (nSPS) is 16.4. The third-order valence-corrected chi connectivity index (χ3v) is 5.20. The first-order valence-electron chi connectivity index (χ1n) is 9.63. The van der Waals surface area contributed by atoms with Gasteiger partial charge in [0.15, 0.2) is 0 Å². The number of hydrogen-bond acceptors (Lipinski definition) is 5. The average Bonchev–Trinajstić information content (AvgIpc) is 2.62. The minimum absolute atomic E-state index is 0.262. The minimum Gasteiger partial charge on any atom is -0.423 e. The van der Waals surface area contributed by atoms with Gasteiger partial charge in [0.05, 0.1) is 6.61 Å². The Bertz CT molecular complexity index is 792. The Kier molecular flexibility index (Phi) is 6.46. The number of benzene rings is 1. The third kappa shape index (κ3) is 4.72. The van der Waals surface area contributed by atoms with E-state index in [1.54, 1.807) is 6.07 Å². The van der Waals surface area contributed by atoms with Crippen LogP contribution >= 0.6 is 0 Å².